The second kappa shape index (κ2) is 6.40. The van der Waals surface area contributed by atoms with Crippen LogP contribution in [0, 0.1) is 5.92 Å². The molecule has 1 fully saturated rings. The zero-order valence-electron chi connectivity index (χ0n) is 11.1. The summed E-state index contributed by atoms with van der Waals surface area (Å²) in [7, 11) is 0. The molecule has 2 N–H and O–H groups in total. The molecule has 1 aromatic carbocycles. The Morgan fingerprint density at radius 1 is 1.37 bits per heavy atom. The molecule has 3 nitrogen and oxygen atoms in total. The molecule has 0 bridgehead atoms. The topological polar surface area (TPSA) is 49.3 Å². The lowest BCUT2D eigenvalue weighted by atomic mass is 9.85. The van der Waals surface area contributed by atoms with E-state index < -0.39 is 5.97 Å². The van der Waals surface area contributed by atoms with Crippen LogP contribution in [0.2, 0.25) is 5.02 Å². The highest BCUT2D eigenvalue weighted by atomic mass is 35.5. The van der Waals surface area contributed by atoms with Crippen LogP contribution < -0.4 is 5.32 Å². The Morgan fingerprint density at radius 2 is 2.05 bits per heavy atom. The van der Waals surface area contributed by atoms with Gasteiger partial charge in [0.05, 0.1) is 5.92 Å². The molecule has 0 heterocycles. The van der Waals surface area contributed by atoms with Gasteiger partial charge in [0, 0.05) is 17.1 Å². The van der Waals surface area contributed by atoms with E-state index in [1.54, 1.807) is 0 Å². The van der Waals surface area contributed by atoms with Gasteiger partial charge in [0.25, 0.3) is 0 Å². The Balaban J connectivity index is 1.93. The summed E-state index contributed by atoms with van der Waals surface area (Å²) in [5, 5.41) is 13.4. The van der Waals surface area contributed by atoms with Gasteiger partial charge in [-0.25, -0.2) is 0 Å². The summed E-state index contributed by atoms with van der Waals surface area (Å²) in [6, 6.07) is 8.30. The van der Waals surface area contributed by atoms with Crippen LogP contribution in [0.5, 0.6) is 0 Å². The van der Waals surface area contributed by atoms with Crippen molar-refractivity contribution in [3.05, 3.63) is 34.9 Å². The van der Waals surface area contributed by atoms with Gasteiger partial charge >= 0.3 is 5.97 Å². The molecule has 0 spiro atoms. The summed E-state index contributed by atoms with van der Waals surface area (Å²) in [6.07, 6.45) is 3.58. The third-order valence-corrected chi connectivity index (χ3v) is 4.13. The lowest BCUT2D eigenvalue weighted by Crippen LogP contribution is -2.37. The minimum absolute atomic E-state index is 0.191. The molecule has 19 heavy (non-hydrogen) atoms. The van der Waals surface area contributed by atoms with Gasteiger partial charge in [-0.05, 0) is 43.9 Å². The van der Waals surface area contributed by atoms with E-state index in [1.165, 1.54) is 5.56 Å². The molecule has 1 aliphatic rings. The number of hydrogen-bond acceptors (Lipinski definition) is 2. The van der Waals surface area contributed by atoms with Crippen molar-refractivity contribution in [2.45, 2.75) is 44.7 Å². The van der Waals surface area contributed by atoms with E-state index in [0.717, 1.165) is 30.7 Å². The van der Waals surface area contributed by atoms with Crippen LogP contribution >= 0.6 is 11.6 Å². The Bertz CT molecular complexity index is 432. The third kappa shape index (κ3) is 3.95. The maximum Gasteiger partial charge on any atom is 0.306 e. The number of carboxylic acid groups (broad SMARTS) is 1. The molecule has 0 aromatic heterocycles. The number of aliphatic carboxylic acids is 1. The maximum atomic E-state index is 11.1. The van der Waals surface area contributed by atoms with E-state index in [2.05, 4.69) is 12.2 Å². The molecule has 0 radical (unpaired) electrons. The fourth-order valence-corrected chi connectivity index (χ4v) is 2.89. The average Bonchev–Trinajstić information content (AvgIpc) is 2.39. The first-order chi connectivity index (χ1) is 9.06. The standard InChI is InChI=1S/C15H20ClNO2/c1-10(11-5-7-13(16)8-6-11)17-14-4-2-3-12(9-14)15(18)19/h5-8,10,12,14,17H,2-4,9H2,1H3,(H,18,19). The van der Waals surface area contributed by atoms with Crippen molar-refractivity contribution in [1.29, 1.82) is 0 Å². The lowest BCUT2D eigenvalue weighted by molar-refractivity contribution is -0.143. The van der Waals surface area contributed by atoms with Gasteiger partial charge in [0.1, 0.15) is 0 Å². The number of nitrogens with one attached hydrogen (secondary N) is 1. The predicted molar refractivity (Wildman–Crippen MR) is 76.4 cm³/mol. The number of halogens is 1. The molecule has 2 rings (SSSR count). The van der Waals surface area contributed by atoms with Gasteiger partial charge < -0.3 is 10.4 Å². The van der Waals surface area contributed by atoms with E-state index in [-0.39, 0.29) is 12.0 Å². The first-order valence-corrected chi connectivity index (χ1v) is 7.18. The van der Waals surface area contributed by atoms with Gasteiger partial charge in [-0.3, -0.25) is 4.79 Å². The van der Waals surface area contributed by atoms with E-state index >= 15 is 0 Å². The molecular formula is C15H20ClNO2. The second-order valence-electron chi connectivity index (χ2n) is 5.34. The molecule has 0 amide bonds. The fraction of sp³-hybridized carbons (Fsp3) is 0.533. The summed E-state index contributed by atoms with van der Waals surface area (Å²) in [5.74, 6) is -0.852. The van der Waals surface area contributed by atoms with Crippen LogP contribution in [-0.2, 0) is 4.79 Å². The average molecular weight is 282 g/mol. The summed E-state index contributed by atoms with van der Waals surface area (Å²) in [6.45, 7) is 2.10. The summed E-state index contributed by atoms with van der Waals surface area (Å²) < 4.78 is 0. The van der Waals surface area contributed by atoms with Crippen LogP contribution in [0.15, 0.2) is 24.3 Å². The first-order valence-electron chi connectivity index (χ1n) is 6.80. The minimum Gasteiger partial charge on any atom is -0.481 e. The molecule has 4 heteroatoms. The van der Waals surface area contributed by atoms with E-state index in [1.807, 2.05) is 24.3 Å². The van der Waals surface area contributed by atoms with Crippen LogP contribution in [0.25, 0.3) is 0 Å². The highest BCUT2D eigenvalue weighted by Gasteiger charge is 2.27. The van der Waals surface area contributed by atoms with Gasteiger partial charge in [0.2, 0.25) is 0 Å². The predicted octanol–water partition coefficient (Wildman–Crippen LogP) is 3.63. The largest absolute Gasteiger partial charge is 0.481 e. The van der Waals surface area contributed by atoms with Crippen molar-refractivity contribution < 1.29 is 9.90 Å². The molecule has 1 saturated carbocycles. The van der Waals surface area contributed by atoms with Gasteiger partial charge in [-0.15, -0.1) is 0 Å². The van der Waals surface area contributed by atoms with Crippen LogP contribution in [0.3, 0.4) is 0 Å². The third-order valence-electron chi connectivity index (χ3n) is 3.88. The zero-order chi connectivity index (χ0) is 13.8. The molecule has 3 atom stereocenters. The minimum atomic E-state index is -0.661. The number of hydrogen-bond donors (Lipinski definition) is 2. The monoisotopic (exact) mass is 281 g/mol. The number of carbonyl (C=O) groups is 1. The summed E-state index contributed by atoms with van der Waals surface area (Å²) >= 11 is 5.88. The normalized spacial score (nSPS) is 24.9. The number of rotatable bonds is 4. The van der Waals surface area contributed by atoms with Gasteiger partial charge in [-0.1, -0.05) is 30.2 Å². The lowest BCUT2D eigenvalue weighted by Gasteiger charge is -2.30. The smallest absolute Gasteiger partial charge is 0.306 e. The number of benzene rings is 1. The first kappa shape index (κ1) is 14.4. The highest BCUT2D eigenvalue weighted by Crippen LogP contribution is 2.26. The maximum absolute atomic E-state index is 11.1. The van der Waals surface area contributed by atoms with Crippen LogP contribution in [0.1, 0.15) is 44.2 Å². The second-order valence-corrected chi connectivity index (χ2v) is 5.78. The van der Waals surface area contributed by atoms with Gasteiger partial charge in [0.15, 0.2) is 0 Å². The molecule has 1 aliphatic carbocycles. The SMILES string of the molecule is CC(NC1CCCC(C(=O)O)C1)c1ccc(Cl)cc1. The fourth-order valence-electron chi connectivity index (χ4n) is 2.77. The van der Waals surface area contributed by atoms with Crippen molar-refractivity contribution in [2.24, 2.45) is 5.92 Å². The van der Waals surface area contributed by atoms with Crippen LogP contribution in [-0.4, -0.2) is 17.1 Å². The van der Waals surface area contributed by atoms with Crippen LogP contribution in [0.4, 0.5) is 0 Å². The van der Waals surface area contributed by atoms with Crippen molar-refractivity contribution >= 4 is 17.6 Å². The van der Waals surface area contributed by atoms with E-state index in [9.17, 15) is 4.79 Å². The van der Waals surface area contributed by atoms with Crippen molar-refractivity contribution in [3.8, 4) is 0 Å². The Kier molecular flexibility index (Phi) is 4.83. The molecule has 0 aliphatic heterocycles. The Hall–Kier alpha value is -1.06. The van der Waals surface area contributed by atoms with Gasteiger partial charge in [-0.2, -0.15) is 0 Å². The van der Waals surface area contributed by atoms with E-state index in [0.29, 0.717) is 6.04 Å². The number of carboxylic acids is 1. The van der Waals surface area contributed by atoms with Crippen molar-refractivity contribution in [1.82, 2.24) is 5.32 Å². The molecule has 0 saturated heterocycles. The summed E-state index contributed by atoms with van der Waals surface area (Å²) in [5.41, 5.74) is 1.18. The van der Waals surface area contributed by atoms with Crippen molar-refractivity contribution in [3.63, 3.8) is 0 Å². The molecule has 3 unspecified atom stereocenters. The highest BCUT2D eigenvalue weighted by molar-refractivity contribution is 6.30. The zero-order valence-corrected chi connectivity index (χ0v) is 11.9. The molecule has 1 aromatic rings. The van der Waals surface area contributed by atoms with Crippen molar-refractivity contribution in [2.75, 3.05) is 0 Å². The van der Waals surface area contributed by atoms with E-state index in [4.69, 9.17) is 16.7 Å². The Morgan fingerprint density at radius 3 is 2.68 bits per heavy atom. The molecule has 104 valence electrons. The summed E-state index contributed by atoms with van der Waals surface area (Å²) in [4.78, 5) is 11.1. The quantitative estimate of drug-likeness (QED) is 0.886. The molecular weight excluding hydrogens is 262 g/mol. The Labute approximate surface area is 119 Å².